The van der Waals surface area contributed by atoms with E-state index in [2.05, 4.69) is 5.32 Å². The van der Waals surface area contributed by atoms with Gasteiger partial charge in [-0.15, -0.1) is 11.3 Å². The van der Waals surface area contributed by atoms with Crippen molar-refractivity contribution < 1.29 is 19.1 Å². The van der Waals surface area contributed by atoms with Gasteiger partial charge in [0.1, 0.15) is 16.3 Å². The number of esters is 1. The van der Waals surface area contributed by atoms with Gasteiger partial charge in [0.25, 0.3) is 5.91 Å². The summed E-state index contributed by atoms with van der Waals surface area (Å²) in [7, 11) is 1.33. The first-order valence-electron chi connectivity index (χ1n) is 8.86. The van der Waals surface area contributed by atoms with Crippen molar-refractivity contribution in [1.29, 1.82) is 0 Å². The minimum atomic E-state index is -0.489. The van der Waals surface area contributed by atoms with Crippen molar-refractivity contribution in [1.82, 2.24) is 0 Å². The van der Waals surface area contributed by atoms with E-state index < -0.39 is 5.97 Å². The van der Waals surface area contributed by atoms with Gasteiger partial charge in [0.15, 0.2) is 0 Å². The third-order valence-electron chi connectivity index (χ3n) is 4.19. The molecule has 0 radical (unpaired) electrons. The molecule has 1 amide bonds. The number of benzene rings is 2. The highest BCUT2D eigenvalue weighted by Gasteiger charge is 2.25. The van der Waals surface area contributed by atoms with Gasteiger partial charge in [0.2, 0.25) is 0 Å². The highest BCUT2D eigenvalue weighted by molar-refractivity contribution is 7.17. The lowest BCUT2D eigenvalue weighted by Crippen LogP contribution is -2.14. The van der Waals surface area contributed by atoms with Crippen LogP contribution in [0.1, 0.15) is 32.5 Å². The van der Waals surface area contributed by atoms with Crippen LogP contribution < -0.4 is 10.1 Å². The average molecular weight is 395 g/mol. The third kappa shape index (κ3) is 4.07. The summed E-state index contributed by atoms with van der Waals surface area (Å²) in [6.07, 6.45) is 0. The normalized spacial score (nSPS) is 10.4. The van der Waals surface area contributed by atoms with Crippen molar-refractivity contribution >= 4 is 28.2 Å². The summed E-state index contributed by atoms with van der Waals surface area (Å²) in [4.78, 5) is 26.0. The van der Waals surface area contributed by atoms with Crippen LogP contribution in [0.15, 0.2) is 54.6 Å². The Hall–Kier alpha value is -3.12. The molecule has 0 saturated heterocycles. The first kappa shape index (κ1) is 19.6. The molecule has 3 aromatic rings. The largest absolute Gasteiger partial charge is 0.494 e. The van der Waals surface area contributed by atoms with E-state index >= 15 is 0 Å². The molecule has 1 N–H and O–H groups in total. The molecule has 0 aliphatic heterocycles. The number of carbonyl (C=O) groups is 2. The van der Waals surface area contributed by atoms with E-state index in [-0.39, 0.29) is 5.91 Å². The van der Waals surface area contributed by atoms with Crippen LogP contribution in [-0.4, -0.2) is 25.6 Å². The molecule has 5 nitrogen and oxygen atoms in total. The fourth-order valence-corrected chi connectivity index (χ4v) is 3.99. The van der Waals surface area contributed by atoms with E-state index in [0.717, 1.165) is 21.8 Å². The van der Waals surface area contributed by atoms with Crippen molar-refractivity contribution in [3.63, 3.8) is 0 Å². The molecule has 0 fully saturated rings. The molecule has 0 aliphatic rings. The van der Waals surface area contributed by atoms with Gasteiger partial charge in [0, 0.05) is 16.0 Å². The third-order valence-corrected chi connectivity index (χ3v) is 5.21. The van der Waals surface area contributed by atoms with Crippen LogP contribution in [0.3, 0.4) is 0 Å². The molecule has 28 heavy (non-hydrogen) atoms. The number of methoxy groups -OCH3 is 1. The molecule has 3 rings (SSSR count). The number of hydrogen-bond donors (Lipinski definition) is 1. The van der Waals surface area contributed by atoms with Crippen molar-refractivity contribution in [2.75, 3.05) is 19.0 Å². The number of nitrogens with one attached hydrogen (secondary N) is 1. The van der Waals surface area contributed by atoms with Crippen molar-refractivity contribution in [2.24, 2.45) is 0 Å². The Morgan fingerprint density at radius 2 is 1.71 bits per heavy atom. The first-order chi connectivity index (χ1) is 13.5. The molecule has 1 aromatic heterocycles. The van der Waals surface area contributed by atoms with Crippen molar-refractivity contribution in [3.05, 3.63) is 70.6 Å². The zero-order valence-electron chi connectivity index (χ0n) is 15.9. The van der Waals surface area contributed by atoms with Gasteiger partial charge in [0.05, 0.1) is 13.7 Å². The van der Waals surface area contributed by atoms with Crippen LogP contribution in [-0.2, 0) is 4.74 Å². The Morgan fingerprint density at radius 1 is 1.04 bits per heavy atom. The van der Waals surface area contributed by atoms with E-state index in [1.807, 2.05) is 44.2 Å². The van der Waals surface area contributed by atoms with E-state index in [4.69, 9.17) is 9.47 Å². The molecular weight excluding hydrogens is 374 g/mol. The standard InChI is InChI=1S/C22H21NO4S/c1-4-27-17-12-10-15(11-13-17)18-14(2)28-21(19(18)22(25)26-3)23-20(24)16-8-6-5-7-9-16/h5-13H,4H2,1-3H3,(H,23,24). The van der Waals surface area contributed by atoms with Gasteiger partial charge in [-0.25, -0.2) is 4.79 Å². The summed E-state index contributed by atoms with van der Waals surface area (Å²) in [5, 5.41) is 3.33. The molecule has 1 heterocycles. The lowest BCUT2D eigenvalue weighted by Gasteiger charge is -2.09. The molecule has 0 unspecified atom stereocenters. The summed E-state index contributed by atoms with van der Waals surface area (Å²) in [5.41, 5.74) is 2.49. The number of anilines is 1. The SMILES string of the molecule is CCOc1ccc(-c2c(C)sc(NC(=O)c3ccccc3)c2C(=O)OC)cc1. The number of thiophene rings is 1. The lowest BCUT2D eigenvalue weighted by molar-refractivity contribution is 0.0603. The number of carbonyl (C=O) groups excluding carboxylic acids is 2. The van der Waals surface area contributed by atoms with E-state index in [1.54, 1.807) is 24.3 Å². The Labute approximate surface area is 167 Å². The molecule has 0 spiro atoms. The topological polar surface area (TPSA) is 64.6 Å². The maximum Gasteiger partial charge on any atom is 0.341 e. The van der Waals surface area contributed by atoms with Crippen LogP contribution in [0.2, 0.25) is 0 Å². The second-order valence-corrected chi connectivity index (χ2v) is 7.23. The Balaban J connectivity index is 2.01. The molecule has 6 heteroatoms. The highest BCUT2D eigenvalue weighted by atomic mass is 32.1. The molecule has 0 aliphatic carbocycles. The maximum absolute atomic E-state index is 12.6. The predicted molar refractivity (Wildman–Crippen MR) is 111 cm³/mol. The van der Waals surface area contributed by atoms with Crippen LogP contribution in [0.5, 0.6) is 5.75 Å². The van der Waals surface area contributed by atoms with Crippen LogP contribution in [0.25, 0.3) is 11.1 Å². The molecule has 0 atom stereocenters. The van der Waals surface area contributed by atoms with Crippen molar-refractivity contribution in [3.8, 4) is 16.9 Å². The minimum Gasteiger partial charge on any atom is -0.494 e. The smallest absolute Gasteiger partial charge is 0.341 e. The Kier molecular flexibility index (Phi) is 6.11. The number of hydrogen-bond acceptors (Lipinski definition) is 5. The van der Waals surface area contributed by atoms with Gasteiger partial charge in [-0.3, -0.25) is 4.79 Å². The van der Waals surface area contributed by atoms with Gasteiger partial charge in [-0.05, 0) is 43.7 Å². The number of amides is 1. The Morgan fingerprint density at radius 3 is 2.32 bits per heavy atom. The molecule has 0 bridgehead atoms. The summed E-state index contributed by atoms with van der Waals surface area (Å²) in [6, 6.07) is 16.4. The molecule has 0 saturated carbocycles. The zero-order valence-corrected chi connectivity index (χ0v) is 16.8. The predicted octanol–water partition coefficient (Wildman–Crippen LogP) is 5.16. The first-order valence-corrected chi connectivity index (χ1v) is 9.68. The summed E-state index contributed by atoms with van der Waals surface area (Å²) in [6.45, 7) is 4.43. The van der Waals surface area contributed by atoms with Gasteiger partial charge in [-0.1, -0.05) is 30.3 Å². The quantitative estimate of drug-likeness (QED) is 0.586. The van der Waals surface area contributed by atoms with Gasteiger partial charge < -0.3 is 14.8 Å². The molecule has 2 aromatic carbocycles. The van der Waals surface area contributed by atoms with Gasteiger partial charge >= 0.3 is 5.97 Å². The molecular formula is C22H21NO4S. The zero-order chi connectivity index (χ0) is 20.1. The highest BCUT2D eigenvalue weighted by Crippen LogP contribution is 2.41. The van der Waals surface area contributed by atoms with Crippen LogP contribution in [0.4, 0.5) is 5.00 Å². The Bertz CT molecular complexity index is 978. The second-order valence-electron chi connectivity index (χ2n) is 6.01. The van der Waals surface area contributed by atoms with Gasteiger partial charge in [-0.2, -0.15) is 0 Å². The summed E-state index contributed by atoms with van der Waals surface area (Å²) in [5.74, 6) is -0.00167. The van der Waals surface area contributed by atoms with E-state index in [0.29, 0.717) is 22.7 Å². The van der Waals surface area contributed by atoms with E-state index in [9.17, 15) is 9.59 Å². The number of ether oxygens (including phenoxy) is 2. The van der Waals surface area contributed by atoms with Crippen molar-refractivity contribution in [2.45, 2.75) is 13.8 Å². The van der Waals surface area contributed by atoms with Crippen LogP contribution >= 0.6 is 11.3 Å². The minimum absolute atomic E-state index is 0.273. The number of rotatable bonds is 6. The average Bonchev–Trinajstić information content (AvgIpc) is 3.04. The monoisotopic (exact) mass is 395 g/mol. The molecule has 144 valence electrons. The van der Waals surface area contributed by atoms with Crippen LogP contribution in [0, 0.1) is 6.92 Å². The second kappa shape index (κ2) is 8.71. The van der Waals surface area contributed by atoms with E-state index in [1.165, 1.54) is 18.4 Å². The maximum atomic E-state index is 12.6. The fraction of sp³-hybridized carbons (Fsp3) is 0.182. The lowest BCUT2D eigenvalue weighted by atomic mass is 10.0. The summed E-state index contributed by atoms with van der Waals surface area (Å²) < 4.78 is 10.5. The summed E-state index contributed by atoms with van der Waals surface area (Å²) >= 11 is 1.35. The fourth-order valence-electron chi connectivity index (χ4n) is 2.93. The number of aryl methyl sites for hydroxylation is 1.